The van der Waals surface area contributed by atoms with Gasteiger partial charge in [-0.05, 0) is 31.9 Å². The molecule has 0 spiro atoms. The molecule has 0 amide bonds. The zero-order valence-corrected chi connectivity index (χ0v) is 9.81. The first-order valence-corrected chi connectivity index (χ1v) is 5.69. The van der Waals surface area contributed by atoms with E-state index in [1.807, 2.05) is 37.3 Å². The molecule has 17 heavy (non-hydrogen) atoms. The second-order valence-corrected chi connectivity index (χ2v) is 3.89. The van der Waals surface area contributed by atoms with E-state index in [1.165, 1.54) is 0 Å². The molecule has 2 rings (SSSR count). The van der Waals surface area contributed by atoms with Crippen LogP contribution in [-0.4, -0.2) is 16.9 Å². The third kappa shape index (κ3) is 2.85. The molecule has 0 saturated heterocycles. The number of nitrogens with one attached hydrogen (secondary N) is 1. The Bertz CT molecular complexity index is 466. The summed E-state index contributed by atoms with van der Waals surface area (Å²) in [6.45, 7) is 2.09. The zero-order valence-electron chi connectivity index (χ0n) is 9.81. The van der Waals surface area contributed by atoms with Crippen molar-refractivity contribution in [3.63, 3.8) is 0 Å². The number of hydrogen-bond donors (Lipinski definition) is 2. The van der Waals surface area contributed by atoms with Gasteiger partial charge in [0.1, 0.15) is 0 Å². The molecule has 0 unspecified atom stereocenters. The van der Waals surface area contributed by atoms with Crippen LogP contribution in [0.1, 0.15) is 17.7 Å². The van der Waals surface area contributed by atoms with Crippen LogP contribution >= 0.6 is 0 Å². The van der Waals surface area contributed by atoms with E-state index in [-0.39, 0.29) is 6.61 Å². The Kier molecular flexibility index (Phi) is 3.77. The first-order valence-electron chi connectivity index (χ1n) is 5.69. The summed E-state index contributed by atoms with van der Waals surface area (Å²) in [4.78, 5) is 0. The number of benzene rings is 1. The molecule has 1 heterocycles. The summed E-state index contributed by atoms with van der Waals surface area (Å²) in [5, 5.41) is 16.0. The van der Waals surface area contributed by atoms with Gasteiger partial charge in [0.2, 0.25) is 5.88 Å². The third-order valence-corrected chi connectivity index (χ3v) is 2.60. The van der Waals surface area contributed by atoms with Gasteiger partial charge < -0.3 is 14.9 Å². The van der Waals surface area contributed by atoms with Crippen LogP contribution in [0.4, 0.5) is 11.6 Å². The Labute approximate surface area is 100 Å². The summed E-state index contributed by atoms with van der Waals surface area (Å²) in [5.41, 5.74) is 2.87. The minimum absolute atomic E-state index is 0.176. The fraction of sp³-hybridized carbons (Fsp3) is 0.308. The molecule has 0 fully saturated rings. The average Bonchev–Trinajstić information content (AvgIpc) is 2.69. The van der Waals surface area contributed by atoms with Gasteiger partial charge in [0.05, 0.1) is 5.69 Å². The Balaban J connectivity index is 2.15. The highest BCUT2D eigenvalue weighted by Gasteiger charge is 2.12. The van der Waals surface area contributed by atoms with Gasteiger partial charge in [0.25, 0.3) is 0 Å². The Hall–Kier alpha value is -1.81. The number of rotatable bonds is 5. The summed E-state index contributed by atoms with van der Waals surface area (Å²) < 4.78 is 5.25. The van der Waals surface area contributed by atoms with E-state index in [2.05, 4.69) is 10.5 Å². The van der Waals surface area contributed by atoms with Gasteiger partial charge in [-0.1, -0.05) is 23.4 Å². The largest absolute Gasteiger partial charge is 0.396 e. The highest BCUT2D eigenvalue weighted by molar-refractivity contribution is 5.58. The lowest BCUT2D eigenvalue weighted by Gasteiger charge is -2.04. The molecule has 0 bridgehead atoms. The summed E-state index contributed by atoms with van der Waals surface area (Å²) in [5.74, 6) is 0.669. The van der Waals surface area contributed by atoms with Crippen LogP contribution < -0.4 is 5.32 Å². The van der Waals surface area contributed by atoms with E-state index < -0.39 is 0 Å². The van der Waals surface area contributed by atoms with Crippen LogP contribution in [0.2, 0.25) is 0 Å². The van der Waals surface area contributed by atoms with Crippen LogP contribution in [0.5, 0.6) is 0 Å². The van der Waals surface area contributed by atoms with E-state index in [0.29, 0.717) is 12.3 Å². The molecule has 0 saturated carbocycles. The van der Waals surface area contributed by atoms with Crippen LogP contribution in [0.15, 0.2) is 34.9 Å². The monoisotopic (exact) mass is 232 g/mol. The van der Waals surface area contributed by atoms with Crippen LogP contribution in [0, 0.1) is 6.92 Å². The van der Waals surface area contributed by atoms with Crippen molar-refractivity contribution in [2.75, 3.05) is 11.9 Å². The molecule has 0 aliphatic rings. The molecule has 4 heteroatoms. The van der Waals surface area contributed by atoms with Crippen LogP contribution in [0.25, 0.3) is 0 Å². The van der Waals surface area contributed by atoms with Crippen molar-refractivity contribution >= 4 is 11.6 Å². The van der Waals surface area contributed by atoms with Crippen LogP contribution in [-0.2, 0) is 6.42 Å². The standard InChI is InChI=1S/C13H16N2O2/c1-10-12(8-5-9-16)13(17-15-10)14-11-6-3-2-4-7-11/h2-4,6-7,14,16H,5,8-9H2,1H3. The molecule has 2 N–H and O–H groups in total. The fourth-order valence-corrected chi connectivity index (χ4v) is 1.69. The van der Waals surface area contributed by atoms with Gasteiger partial charge in [-0.2, -0.15) is 0 Å². The fourth-order valence-electron chi connectivity index (χ4n) is 1.69. The maximum absolute atomic E-state index is 8.87. The van der Waals surface area contributed by atoms with Crippen molar-refractivity contribution in [3.8, 4) is 0 Å². The van der Waals surface area contributed by atoms with Gasteiger partial charge in [0.15, 0.2) is 0 Å². The number of anilines is 2. The topological polar surface area (TPSA) is 58.3 Å². The summed E-state index contributed by atoms with van der Waals surface area (Å²) in [7, 11) is 0. The first kappa shape index (κ1) is 11.7. The van der Waals surface area contributed by atoms with Crippen molar-refractivity contribution in [2.24, 2.45) is 0 Å². The molecule has 1 aromatic carbocycles. The molecule has 0 aliphatic carbocycles. The number of hydrogen-bond acceptors (Lipinski definition) is 4. The molecule has 2 aromatic rings. The number of nitrogens with zero attached hydrogens (tertiary/aromatic N) is 1. The van der Waals surface area contributed by atoms with Gasteiger partial charge in [-0.25, -0.2) is 0 Å². The summed E-state index contributed by atoms with van der Waals surface area (Å²) >= 11 is 0. The molecule has 90 valence electrons. The van der Waals surface area contributed by atoms with E-state index >= 15 is 0 Å². The predicted molar refractivity (Wildman–Crippen MR) is 66.4 cm³/mol. The van der Waals surface area contributed by atoms with E-state index in [1.54, 1.807) is 0 Å². The summed E-state index contributed by atoms with van der Waals surface area (Å²) in [6.07, 6.45) is 1.48. The molecule has 0 atom stereocenters. The quantitative estimate of drug-likeness (QED) is 0.832. The number of para-hydroxylation sites is 1. The predicted octanol–water partition coefficient (Wildman–Crippen LogP) is 2.65. The van der Waals surface area contributed by atoms with Crippen molar-refractivity contribution < 1.29 is 9.63 Å². The smallest absolute Gasteiger partial charge is 0.232 e. The molecule has 0 radical (unpaired) electrons. The minimum atomic E-state index is 0.176. The van der Waals surface area contributed by atoms with Gasteiger partial charge in [0, 0.05) is 17.9 Å². The van der Waals surface area contributed by atoms with Crippen molar-refractivity contribution in [2.45, 2.75) is 19.8 Å². The minimum Gasteiger partial charge on any atom is -0.396 e. The van der Waals surface area contributed by atoms with Gasteiger partial charge in [-0.15, -0.1) is 0 Å². The molecule has 4 nitrogen and oxygen atoms in total. The third-order valence-electron chi connectivity index (χ3n) is 2.60. The number of aliphatic hydroxyl groups is 1. The van der Waals surface area contributed by atoms with Crippen molar-refractivity contribution in [1.29, 1.82) is 0 Å². The molecule has 1 aromatic heterocycles. The van der Waals surface area contributed by atoms with E-state index in [0.717, 1.165) is 23.4 Å². The lowest BCUT2D eigenvalue weighted by Crippen LogP contribution is -1.96. The number of aromatic nitrogens is 1. The first-order chi connectivity index (χ1) is 8.31. The Morgan fingerprint density at radius 1 is 1.29 bits per heavy atom. The zero-order chi connectivity index (χ0) is 12.1. The SMILES string of the molecule is Cc1noc(Nc2ccccc2)c1CCCO. The van der Waals surface area contributed by atoms with E-state index in [9.17, 15) is 0 Å². The highest BCUT2D eigenvalue weighted by atomic mass is 16.5. The molecule has 0 aliphatic heterocycles. The maximum Gasteiger partial charge on any atom is 0.232 e. The second-order valence-electron chi connectivity index (χ2n) is 3.89. The van der Waals surface area contributed by atoms with Crippen molar-refractivity contribution in [1.82, 2.24) is 5.16 Å². The van der Waals surface area contributed by atoms with E-state index in [4.69, 9.17) is 9.63 Å². The van der Waals surface area contributed by atoms with Gasteiger partial charge >= 0.3 is 0 Å². The average molecular weight is 232 g/mol. The lowest BCUT2D eigenvalue weighted by atomic mass is 10.1. The number of aryl methyl sites for hydroxylation is 1. The number of aliphatic hydroxyl groups excluding tert-OH is 1. The highest BCUT2D eigenvalue weighted by Crippen LogP contribution is 2.24. The second kappa shape index (κ2) is 5.50. The molecular weight excluding hydrogens is 216 g/mol. The normalized spacial score (nSPS) is 10.5. The summed E-state index contributed by atoms with van der Waals surface area (Å²) in [6, 6.07) is 9.81. The Morgan fingerprint density at radius 3 is 2.76 bits per heavy atom. The lowest BCUT2D eigenvalue weighted by molar-refractivity contribution is 0.288. The van der Waals surface area contributed by atoms with Gasteiger partial charge in [-0.3, -0.25) is 0 Å². The maximum atomic E-state index is 8.87. The van der Waals surface area contributed by atoms with Crippen LogP contribution in [0.3, 0.4) is 0 Å². The Morgan fingerprint density at radius 2 is 2.06 bits per heavy atom. The molecular formula is C13H16N2O2. The van der Waals surface area contributed by atoms with Crippen molar-refractivity contribution in [3.05, 3.63) is 41.6 Å².